The van der Waals surface area contributed by atoms with E-state index in [-0.39, 0.29) is 0 Å². The first-order chi connectivity index (χ1) is 8.38. The van der Waals surface area contributed by atoms with Crippen LogP contribution in [0.2, 0.25) is 0 Å². The number of piperidine rings is 1. The summed E-state index contributed by atoms with van der Waals surface area (Å²) >= 11 is 1.82. The third kappa shape index (κ3) is 2.05. The molecule has 90 valence electrons. The highest BCUT2D eigenvalue weighted by Gasteiger charge is 2.19. The highest BCUT2D eigenvalue weighted by Crippen LogP contribution is 2.32. The van der Waals surface area contributed by atoms with Crippen LogP contribution in [-0.4, -0.2) is 19.6 Å². The number of anilines is 1. The molecule has 0 bridgehead atoms. The summed E-state index contributed by atoms with van der Waals surface area (Å²) in [6, 6.07) is 8.86. The number of hydrogen-bond acceptors (Lipinski definition) is 3. The second kappa shape index (κ2) is 4.67. The molecule has 1 aliphatic heterocycles. The molecule has 0 amide bonds. The largest absolute Gasteiger partial charge is 0.371 e. The first-order valence-corrected chi connectivity index (χ1v) is 7.17. The average Bonchev–Trinajstić information content (AvgIpc) is 2.87. The number of nitrogens with zero attached hydrogens (tertiary/aromatic N) is 1. The Morgan fingerprint density at radius 2 is 2.06 bits per heavy atom. The van der Waals surface area contributed by atoms with Crippen LogP contribution in [0.3, 0.4) is 0 Å². The Hall–Kier alpha value is -1.06. The molecule has 3 rings (SSSR count). The summed E-state index contributed by atoms with van der Waals surface area (Å²) in [6.45, 7) is 3.14. The van der Waals surface area contributed by atoms with Crippen LogP contribution in [0.25, 0.3) is 10.1 Å². The van der Waals surface area contributed by atoms with E-state index in [0.29, 0.717) is 0 Å². The maximum Gasteiger partial charge on any atom is 0.0454 e. The van der Waals surface area contributed by atoms with E-state index in [1.54, 1.807) is 0 Å². The van der Waals surface area contributed by atoms with Gasteiger partial charge in [0, 0.05) is 28.9 Å². The maximum atomic E-state index is 5.74. The lowest BCUT2D eigenvalue weighted by molar-refractivity contribution is 0.415. The summed E-state index contributed by atoms with van der Waals surface area (Å²) in [7, 11) is 0. The normalized spacial score (nSPS) is 17.8. The summed E-state index contributed by atoms with van der Waals surface area (Å²) in [5.41, 5.74) is 7.15. The molecule has 2 heterocycles. The maximum absolute atomic E-state index is 5.74. The number of benzene rings is 1. The van der Waals surface area contributed by atoms with Crippen LogP contribution < -0.4 is 10.6 Å². The van der Waals surface area contributed by atoms with Crippen molar-refractivity contribution in [3.05, 3.63) is 29.6 Å². The molecule has 0 aliphatic carbocycles. The van der Waals surface area contributed by atoms with Gasteiger partial charge < -0.3 is 10.6 Å². The highest BCUT2D eigenvalue weighted by atomic mass is 32.1. The predicted octanol–water partition coefficient (Wildman–Crippen LogP) is 3.08. The lowest BCUT2D eigenvalue weighted by Crippen LogP contribution is -2.36. The molecule has 1 aliphatic rings. The van der Waals surface area contributed by atoms with E-state index in [2.05, 4.69) is 34.5 Å². The zero-order valence-electron chi connectivity index (χ0n) is 9.93. The average molecular weight is 246 g/mol. The fourth-order valence-electron chi connectivity index (χ4n) is 2.66. The molecule has 0 atom stereocenters. The minimum Gasteiger partial charge on any atom is -0.371 e. The third-order valence-electron chi connectivity index (χ3n) is 3.76. The summed E-state index contributed by atoms with van der Waals surface area (Å²) in [6.07, 6.45) is 2.47. The van der Waals surface area contributed by atoms with Gasteiger partial charge in [0.1, 0.15) is 0 Å². The number of thiophene rings is 1. The summed E-state index contributed by atoms with van der Waals surface area (Å²) in [5, 5.41) is 3.59. The van der Waals surface area contributed by atoms with Gasteiger partial charge in [0.15, 0.2) is 0 Å². The molecule has 0 unspecified atom stereocenters. The van der Waals surface area contributed by atoms with Crippen LogP contribution in [0.4, 0.5) is 5.69 Å². The summed E-state index contributed by atoms with van der Waals surface area (Å²) in [4.78, 5) is 2.52. The Labute approximate surface area is 106 Å². The summed E-state index contributed by atoms with van der Waals surface area (Å²) in [5.74, 6) is 0.730. The van der Waals surface area contributed by atoms with E-state index < -0.39 is 0 Å². The fraction of sp³-hybridized carbons (Fsp3) is 0.429. The van der Waals surface area contributed by atoms with E-state index in [0.717, 1.165) is 25.6 Å². The van der Waals surface area contributed by atoms with Crippen molar-refractivity contribution >= 4 is 27.1 Å². The van der Waals surface area contributed by atoms with Crippen LogP contribution in [0.5, 0.6) is 0 Å². The standard InChI is InChI=1S/C14H18N2S/c15-10-11-4-7-16(8-5-11)13-2-1-3-14-12(13)6-9-17-14/h1-3,6,9,11H,4-5,7-8,10,15H2. The van der Waals surface area contributed by atoms with E-state index in [4.69, 9.17) is 5.73 Å². The van der Waals surface area contributed by atoms with Gasteiger partial charge in [0.2, 0.25) is 0 Å². The number of hydrogen-bond donors (Lipinski definition) is 1. The number of nitrogens with two attached hydrogens (primary N) is 1. The van der Waals surface area contributed by atoms with Gasteiger partial charge in [0.25, 0.3) is 0 Å². The molecule has 1 saturated heterocycles. The van der Waals surface area contributed by atoms with Crippen LogP contribution >= 0.6 is 11.3 Å². The molecule has 1 fully saturated rings. The molecule has 0 spiro atoms. The molecule has 2 N–H and O–H groups in total. The van der Waals surface area contributed by atoms with E-state index >= 15 is 0 Å². The zero-order chi connectivity index (χ0) is 11.7. The van der Waals surface area contributed by atoms with Gasteiger partial charge in [0.05, 0.1) is 0 Å². The second-order valence-electron chi connectivity index (χ2n) is 4.78. The van der Waals surface area contributed by atoms with Gasteiger partial charge in [-0.2, -0.15) is 0 Å². The van der Waals surface area contributed by atoms with Crippen molar-refractivity contribution in [2.24, 2.45) is 11.7 Å². The molecular formula is C14H18N2S. The first kappa shape index (κ1) is 11.1. The fourth-order valence-corrected chi connectivity index (χ4v) is 3.47. The van der Waals surface area contributed by atoms with Crippen molar-refractivity contribution in [3.63, 3.8) is 0 Å². The van der Waals surface area contributed by atoms with Crippen LogP contribution in [0, 0.1) is 5.92 Å². The molecule has 3 heteroatoms. The smallest absolute Gasteiger partial charge is 0.0454 e. The van der Waals surface area contributed by atoms with Crippen molar-refractivity contribution in [1.82, 2.24) is 0 Å². The molecular weight excluding hydrogens is 228 g/mol. The topological polar surface area (TPSA) is 29.3 Å². The van der Waals surface area contributed by atoms with Gasteiger partial charge in [-0.3, -0.25) is 0 Å². The van der Waals surface area contributed by atoms with Gasteiger partial charge in [-0.15, -0.1) is 11.3 Å². The van der Waals surface area contributed by atoms with Gasteiger partial charge in [-0.25, -0.2) is 0 Å². The second-order valence-corrected chi connectivity index (χ2v) is 5.72. The molecule has 2 nitrogen and oxygen atoms in total. The van der Waals surface area contributed by atoms with Gasteiger partial charge >= 0.3 is 0 Å². The number of rotatable bonds is 2. The van der Waals surface area contributed by atoms with E-state index in [1.807, 2.05) is 11.3 Å². The highest BCUT2D eigenvalue weighted by molar-refractivity contribution is 7.17. The Bertz CT molecular complexity index is 498. The first-order valence-electron chi connectivity index (χ1n) is 6.29. The van der Waals surface area contributed by atoms with Gasteiger partial charge in [-0.05, 0) is 48.9 Å². The SMILES string of the molecule is NCC1CCN(c2cccc3sccc23)CC1. The number of fused-ring (bicyclic) bond motifs is 1. The molecule has 1 aromatic carbocycles. The Kier molecular flexibility index (Phi) is 3.04. The zero-order valence-corrected chi connectivity index (χ0v) is 10.7. The molecule has 0 radical (unpaired) electrons. The van der Waals surface area contributed by atoms with Crippen molar-refractivity contribution < 1.29 is 0 Å². The predicted molar refractivity (Wildman–Crippen MR) is 75.8 cm³/mol. The minimum atomic E-state index is 0.730. The third-order valence-corrected chi connectivity index (χ3v) is 4.64. The lowest BCUT2D eigenvalue weighted by Gasteiger charge is -2.33. The van der Waals surface area contributed by atoms with Gasteiger partial charge in [-0.1, -0.05) is 6.07 Å². The molecule has 17 heavy (non-hydrogen) atoms. The minimum absolute atomic E-state index is 0.730. The van der Waals surface area contributed by atoms with Crippen LogP contribution in [0.1, 0.15) is 12.8 Å². The molecule has 2 aromatic rings. The van der Waals surface area contributed by atoms with Crippen molar-refractivity contribution in [1.29, 1.82) is 0 Å². The van der Waals surface area contributed by atoms with E-state index in [9.17, 15) is 0 Å². The lowest BCUT2D eigenvalue weighted by atomic mass is 9.96. The van der Waals surface area contributed by atoms with E-state index in [1.165, 1.54) is 28.6 Å². The van der Waals surface area contributed by atoms with Crippen molar-refractivity contribution in [2.45, 2.75) is 12.8 Å². The molecule has 1 aromatic heterocycles. The Morgan fingerprint density at radius 3 is 2.82 bits per heavy atom. The van der Waals surface area contributed by atoms with Crippen LogP contribution in [-0.2, 0) is 0 Å². The quantitative estimate of drug-likeness (QED) is 0.882. The summed E-state index contributed by atoms with van der Waals surface area (Å²) < 4.78 is 1.39. The Balaban J connectivity index is 1.87. The van der Waals surface area contributed by atoms with Crippen molar-refractivity contribution in [2.75, 3.05) is 24.5 Å². The monoisotopic (exact) mass is 246 g/mol. The van der Waals surface area contributed by atoms with Crippen LogP contribution in [0.15, 0.2) is 29.6 Å². The molecule has 0 saturated carbocycles. The Morgan fingerprint density at radius 1 is 1.24 bits per heavy atom. The van der Waals surface area contributed by atoms with Crippen molar-refractivity contribution in [3.8, 4) is 0 Å².